The Morgan fingerprint density at radius 1 is 1.27 bits per heavy atom. The van der Waals surface area contributed by atoms with E-state index in [1.807, 2.05) is 36.2 Å². The Hall–Kier alpha value is -2.52. The number of nitrogens with one attached hydrogen (secondary N) is 1. The van der Waals surface area contributed by atoms with Crippen LogP contribution in [0.4, 0.5) is 5.13 Å². The normalized spacial score (nSPS) is 12.0. The zero-order valence-corrected chi connectivity index (χ0v) is 17.0. The number of thiazole rings is 1. The van der Waals surface area contributed by atoms with Crippen LogP contribution in [0.1, 0.15) is 16.5 Å². The van der Waals surface area contributed by atoms with Crippen molar-refractivity contribution in [2.45, 2.75) is 26.1 Å². The molecule has 0 unspecified atom stereocenters. The number of hydrogen-bond acceptors (Lipinski definition) is 6. The summed E-state index contributed by atoms with van der Waals surface area (Å²) in [5, 5.41) is 4.33. The molecule has 3 heterocycles. The highest BCUT2D eigenvalue weighted by molar-refractivity contribution is 7.16. The second kappa shape index (κ2) is 7.38. The van der Waals surface area contributed by atoms with Crippen LogP contribution in [-0.4, -0.2) is 33.5 Å². The molecule has 0 atom stereocenters. The van der Waals surface area contributed by atoms with Crippen molar-refractivity contribution >= 4 is 48.0 Å². The van der Waals surface area contributed by atoms with Gasteiger partial charge in [0, 0.05) is 30.4 Å². The summed E-state index contributed by atoms with van der Waals surface area (Å²) in [4.78, 5) is 25.6. The lowest BCUT2D eigenvalue weighted by Crippen LogP contribution is -2.36. The molecule has 0 aliphatic carbocycles. The molecule has 0 saturated heterocycles. The minimum absolute atomic E-state index is 0.138. The van der Waals surface area contributed by atoms with Crippen molar-refractivity contribution in [3.63, 3.8) is 0 Å². The van der Waals surface area contributed by atoms with Gasteiger partial charge >= 0.3 is 0 Å². The first-order valence-corrected chi connectivity index (χ1v) is 12.5. The highest BCUT2D eigenvalue weighted by Gasteiger charge is 2.21. The summed E-state index contributed by atoms with van der Waals surface area (Å²) in [5.41, 5.74) is 0.726. The predicted molar refractivity (Wildman–Crippen MR) is 106 cm³/mol. The maximum absolute atomic E-state index is 12.0. The lowest BCUT2D eigenvalue weighted by molar-refractivity contribution is -0.115. The van der Waals surface area contributed by atoms with E-state index in [0.29, 0.717) is 11.0 Å². The molecule has 0 saturated carbocycles. The Bertz CT molecular complexity index is 935. The van der Waals surface area contributed by atoms with Gasteiger partial charge in [0.1, 0.15) is 13.5 Å². The molecule has 136 valence electrons. The third-order valence-electron chi connectivity index (χ3n) is 3.52. The Labute approximate surface area is 156 Å². The maximum atomic E-state index is 12.0. The van der Waals surface area contributed by atoms with E-state index in [0.717, 1.165) is 16.0 Å². The molecule has 0 bridgehead atoms. The molecule has 1 amide bonds. The number of carbonyl (C=O) groups excluding carboxylic acids is 1. The molecule has 7 nitrogen and oxygen atoms in total. The molecule has 3 aromatic rings. The molecule has 0 radical (unpaired) electrons. The summed E-state index contributed by atoms with van der Waals surface area (Å²) in [6.07, 6.45) is 10.9. The van der Waals surface area contributed by atoms with Gasteiger partial charge in [-0.05, 0) is 6.08 Å². The quantitative estimate of drug-likeness (QED) is 0.657. The first-order chi connectivity index (χ1) is 12.3. The average Bonchev–Trinajstić information content (AvgIpc) is 3.26. The fraction of sp³-hybridized carbons (Fsp3) is 0.294. The second-order valence-corrected chi connectivity index (χ2v) is 13.0. The van der Waals surface area contributed by atoms with Crippen molar-refractivity contribution < 1.29 is 9.21 Å². The number of hydrogen-bond donors (Lipinski definition) is 1. The van der Waals surface area contributed by atoms with E-state index in [9.17, 15) is 4.79 Å². The molecule has 0 aliphatic rings. The van der Waals surface area contributed by atoms with Crippen LogP contribution in [0.5, 0.6) is 0 Å². The summed E-state index contributed by atoms with van der Waals surface area (Å²) in [6.45, 7) is 6.64. The van der Waals surface area contributed by atoms with Crippen LogP contribution < -0.4 is 10.7 Å². The fourth-order valence-electron chi connectivity index (χ4n) is 2.17. The molecular formula is C17H21N5O2SSi. The van der Waals surface area contributed by atoms with Crippen molar-refractivity contribution in [2.24, 2.45) is 7.05 Å². The van der Waals surface area contributed by atoms with E-state index < -0.39 is 8.07 Å². The summed E-state index contributed by atoms with van der Waals surface area (Å²) < 4.78 is 7.59. The van der Waals surface area contributed by atoms with Gasteiger partial charge in [0.15, 0.2) is 5.13 Å². The van der Waals surface area contributed by atoms with E-state index in [-0.39, 0.29) is 12.3 Å². The summed E-state index contributed by atoms with van der Waals surface area (Å²) in [7, 11) is 0.377. The van der Waals surface area contributed by atoms with Crippen molar-refractivity contribution in [2.75, 3.05) is 5.32 Å². The van der Waals surface area contributed by atoms with Gasteiger partial charge in [0.2, 0.25) is 11.8 Å². The zero-order chi connectivity index (χ0) is 18.7. The lowest BCUT2D eigenvalue weighted by Gasteiger charge is -2.09. The van der Waals surface area contributed by atoms with E-state index in [2.05, 4.69) is 39.9 Å². The molecular weight excluding hydrogens is 366 g/mol. The molecule has 3 rings (SSSR count). The predicted octanol–water partition coefficient (Wildman–Crippen LogP) is 2.76. The number of carbonyl (C=O) groups is 1. The molecule has 3 aromatic heterocycles. The molecule has 0 aromatic carbocycles. The van der Waals surface area contributed by atoms with Gasteiger partial charge in [-0.1, -0.05) is 31.0 Å². The third kappa shape index (κ3) is 4.76. The molecule has 1 N–H and O–H groups in total. The standard InChI is InChI=1S/C17H21N5O2SSi/c1-22-10-12(20-11-22)7-14(23)21-17-19-8-13(25-17)5-6-15-18-9-16(24-15)26(2,3)4/h5-6,8-11H,7H2,1-4H3,(H,19,21,23)/b6-5+. The Morgan fingerprint density at radius 3 is 2.73 bits per heavy atom. The van der Waals surface area contributed by atoms with E-state index >= 15 is 0 Å². The lowest BCUT2D eigenvalue weighted by atomic mass is 10.3. The summed E-state index contributed by atoms with van der Waals surface area (Å²) in [5.74, 6) is 0.442. The zero-order valence-electron chi connectivity index (χ0n) is 15.2. The number of aryl methyl sites for hydroxylation is 1. The number of amides is 1. The van der Waals surface area contributed by atoms with Gasteiger partial charge in [0.25, 0.3) is 0 Å². The van der Waals surface area contributed by atoms with Gasteiger partial charge in [-0.25, -0.2) is 15.0 Å². The van der Waals surface area contributed by atoms with Crippen LogP contribution in [0.15, 0.2) is 29.3 Å². The minimum atomic E-state index is -1.49. The average molecular weight is 388 g/mol. The van der Waals surface area contributed by atoms with Crippen LogP contribution in [0, 0.1) is 0 Å². The van der Waals surface area contributed by atoms with Gasteiger partial charge in [0.05, 0.1) is 24.6 Å². The molecule has 9 heteroatoms. The van der Waals surface area contributed by atoms with Gasteiger partial charge in [-0.3, -0.25) is 4.79 Å². The van der Waals surface area contributed by atoms with Gasteiger partial charge < -0.3 is 14.3 Å². The molecule has 0 fully saturated rings. The number of oxazole rings is 1. The number of anilines is 1. The summed E-state index contributed by atoms with van der Waals surface area (Å²) >= 11 is 1.39. The highest BCUT2D eigenvalue weighted by Crippen LogP contribution is 2.20. The van der Waals surface area contributed by atoms with Crippen LogP contribution in [0.2, 0.25) is 19.6 Å². The maximum Gasteiger partial charge on any atom is 0.232 e. The number of rotatable bonds is 6. The molecule has 0 aliphatic heterocycles. The Balaban J connectivity index is 1.59. The van der Waals surface area contributed by atoms with Crippen LogP contribution in [-0.2, 0) is 18.3 Å². The first-order valence-electron chi connectivity index (χ1n) is 8.16. The number of imidazole rings is 1. The third-order valence-corrected chi connectivity index (χ3v) is 6.11. The van der Waals surface area contributed by atoms with Crippen LogP contribution in [0.3, 0.4) is 0 Å². The highest BCUT2D eigenvalue weighted by atomic mass is 32.1. The van der Waals surface area contributed by atoms with Crippen molar-refractivity contribution in [1.82, 2.24) is 19.5 Å². The van der Waals surface area contributed by atoms with E-state index in [4.69, 9.17) is 4.42 Å². The SMILES string of the molecule is Cn1cnc(CC(=O)Nc2ncc(/C=C/c3ncc([Si](C)(C)C)o3)s2)c1. The minimum Gasteiger partial charge on any atom is -0.447 e. The second-order valence-electron chi connectivity index (χ2n) is 6.97. The smallest absolute Gasteiger partial charge is 0.232 e. The molecule has 0 spiro atoms. The van der Waals surface area contributed by atoms with Crippen molar-refractivity contribution in [1.29, 1.82) is 0 Å². The topological polar surface area (TPSA) is 85.8 Å². The fourth-order valence-corrected chi connectivity index (χ4v) is 3.77. The summed E-state index contributed by atoms with van der Waals surface area (Å²) in [6, 6.07) is 0. The number of aromatic nitrogens is 4. The molecule has 26 heavy (non-hydrogen) atoms. The van der Waals surface area contributed by atoms with Gasteiger partial charge in [-0.15, -0.1) is 0 Å². The Kier molecular flexibility index (Phi) is 5.19. The van der Waals surface area contributed by atoms with Crippen LogP contribution in [0.25, 0.3) is 12.2 Å². The van der Waals surface area contributed by atoms with E-state index in [1.165, 1.54) is 11.3 Å². The first kappa shape index (κ1) is 18.3. The largest absolute Gasteiger partial charge is 0.447 e. The van der Waals surface area contributed by atoms with Crippen molar-refractivity contribution in [3.05, 3.63) is 41.4 Å². The van der Waals surface area contributed by atoms with E-state index in [1.54, 1.807) is 12.5 Å². The monoisotopic (exact) mass is 387 g/mol. The van der Waals surface area contributed by atoms with Crippen LogP contribution >= 0.6 is 11.3 Å². The van der Waals surface area contributed by atoms with Crippen molar-refractivity contribution in [3.8, 4) is 0 Å². The van der Waals surface area contributed by atoms with Gasteiger partial charge in [-0.2, -0.15) is 0 Å². The Morgan fingerprint density at radius 2 is 2.08 bits per heavy atom. The number of nitrogens with zero attached hydrogens (tertiary/aromatic N) is 4.